The molecule has 0 aromatic carbocycles. The first kappa shape index (κ1) is 17.6. The normalized spacial score (nSPS) is 17.9. The maximum Gasteiger partial charge on any atom is 0.224 e. The van der Waals surface area contributed by atoms with Crippen molar-refractivity contribution >= 4 is 5.91 Å². The van der Waals surface area contributed by atoms with Crippen LogP contribution in [0.4, 0.5) is 0 Å². The minimum Gasteiger partial charge on any atom is -0.377 e. The van der Waals surface area contributed by atoms with E-state index in [1.165, 1.54) is 0 Å². The van der Waals surface area contributed by atoms with Gasteiger partial charge in [-0.2, -0.15) is 0 Å². The number of nitrogens with zero attached hydrogens (tertiary/aromatic N) is 4. The highest BCUT2D eigenvalue weighted by Crippen LogP contribution is 2.22. The quantitative estimate of drug-likeness (QED) is 0.861. The Hall–Kier alpha value is -2.25. The van der Waals surface area contributed by atoms with Gasteiger partial charge in [0.1, 0.15) is 11.9 Å². The molecule has 7 nitrogen and oxygen atoms in total. The van der Waals surface area contributed by atoms with Gasteiger partial charge < -0.3 is 19.5 Å². The molecule has 134 valence electrons. The average molecular weight is 343 g/mol. The monoisotopic (exact) mass is 343 g/mol. The molecule has 1 fully saturated rings. The Morgan fingerprint density at radius 1 is 1.44 bits per heavy atom. The molecule has 0 radical (unpaired) electrons. The molecule has 25 heavy (non-hydrogen) atoms. The van der Waals surface area contributed by atoms with E-state index in [1.54, 1.807) is 12.4 Å². The maximum atomic E-state index is 12.7. The first-order chi connectivity index (χ1) is 12.1. The second kappa shape index (κ2) is 8.22. The molecule has 1 aliphatic rings. The number of imidazole rings is 1. The summed E-state index contributed by atoms with van der Waals surface area (Å²) in [6.07, 6.45) is 4.05. The molecule has 1 amide bonds. The second-order valence-electron chi connectivity index (χ2n) is 6.44. The summed E-state index contributed by atoms with van der Waals surface area (Å²) >= 11 is 0. The lowest BCUT2D eigenvalue weighted by atomic mass is 10.2. The number of pyridine rings is 1. The predicted molar refractivity (Wildman–Crippen MR) is 93.8 cm³/mol. The van der Waals surface area contributed by atoms with Gasteiger partial charge in [0.05, 0.1) is 18.9 Å². The molecule has 3 rings (SSSR count). The van der Waals surface area contributed by atoms with Crippen LogP contribution in [0, 0.1) is 6.92 Å². The molecule has 3 heterocycles. The minimum atomic E-state index is -0.129. The molecular formula is C18H25N5O2. The summed E-state index contributed by atoms with van der Waals surface area (Å²) in [6, 6.07) is 5.75. The van der Waals surface area contributed by atoms with Crippen molar-refractivity contribution in [2.24, 2.45) is 0 Å². The van der Waals surface area contributed by atoms with Crippen LogP contribution in [0.1, 0.15) is 29.7 Å². The van der Waals surface area contributed by atoms with Crippen molar-refractivity contribution in [2.45, 2.75) is 25.9 Å². The number of aromatic nitrogens is 3. The zero-order chi connectivity index (χ0) is 17.6. The average Bonchev–Trinajstić information content (AvgIpc) is 3.07. The van der Waals surface area contributed by atoms with Gasteiger partial charge in [-0.15, -0.1) is 0 Å². The minimum absolute atomic E-state index is 0.129. The third-order valence-electron chi connectivity index (χ3n) is 4.35. The molecule has 1 saturated heterocycles. The van der Waals surface area contributed by atoms with Gasteiger partial charge in [0.15, 0.2) is 0 Å². The van der Waals surface area contributed by atoms with Crippen LogP contribution >= 0.6 is 0 Å². The Morgan fingerprint density at radius 2 is 2.32 bits per heavy atom. The van der Waals surface area contributed by atoms with Crippen molar-refractivity contribution in [3.8, 4) is 0 Å². The van der Waals surface area contributed by atoms with E-state index in [9.17, 15) is 4.79 Å². The number of hydrogen-bond donors (Lipinski definition) is 1. The lowest BCUT2D eigenvalue weighted by Gasteiger charge is -2.34. The molecule has 1 N–H and O–H groups in total. The van der Waals surface area contributed by atoms with E-state index in [1.807, 2.05) is 37.1 Å². The molecule has 0 aliphatic carbocycles. The van der Waals surface area contributed by atoms with Crippen molar-refractivity contribution in [1.29, 1.82) is 0 Å². The number of rotatable bonds is 6. The topological polar surface area (TPSA) is 74.3 Å². The molecule has 1 aliphatic heterocycles. The van der Waals surface area contributed by atoms with E-state index in [0.29, 0.717) is 32.7 Å². The van der Waals surface area contributed by atoms with Gasteiger partial charge in [0, 0.05) is 44.1 Å². The number of amides is 1. The van der Waals surface area contributed by atoms with E-state index in [0.717, 1.165) is 23.8 Å². The van der Waals surface area contributed by atoms with Crippen molar-refractivity contribution in [3.05, 3.63) is 47.8 Å². The van der Waals surface area contributed by atoms with E-state index < -0.39 is 0 Å². The van der Waals surface area contributed by atoms with Crippen LogP contribution in [-0.2, 0) is 16.1 Å². The second-order valence-corrected chi connectivity index (χ2v) is 6.44. The third kappa shape index (κ3) is 4.64. The first-order valence-corrected chi connectivity index (χ1v) is 8.60. The Balaban J connectivity index is 1.55. The summed E-state index contributed by atoms with van der Waals surface area (Å²) in [5.74, 6) is 0.933. The van der Waals surface area contributed by atoms with Crippen LogP contribution in [0.25, 0.3) is 0 Å². The summed E-state index contributed by atoms with van der Waals surface area (Å²) in [5, 5.41) is 0. The Morgan fingerprint density at radius 3 is 3.04 bits per heavy atom. The highest BCUT2D eigenvalue weighted by atomic mass is 16.5. The lowest BCUT2D eigenvalue weighted by Crippen LogP contribution is -2.44. The molecule has 1 atom stereocenters. The van der Waals surface area contributed by atoms with Gasteiger partial charge >= 0.3 is 0 Å². The summed E-state index contributed by atoms with van der Waals surface area (Å²) in [6.45, 7) is 5.05. The van der Waals surface area contributed by atoms with E-state index in [2.05, 4.69) is 19.9 Å². The van der Waals surface area contributed by atoms with Gasteiger partial charge in [-0.05, 0) is 26.1 Å². The number of ether oxygens (including phenoxy) is 1. The molecule has 2 aromatic rings. The molecule has 1 unspecified atom stereocenters. The number of hydrogen-bond acceptors (Lipinski definition) is 5. The number of aromatic amines is 1. The summed E-state index contributed by atoms with van der Waals surface area (Å²) in [4.78, 5) is 28.7. The smallest absolute Gasteiger partial charge is 0.224 e. The molecule has 0 saturated carbocycles. The van der Waals surface area contributed by atoms with Gasteiger partial charge in [-0.25, -0.2) is 4.98 Å². The van der Waals surface area contributed by atoms with Crippen LogP contribution in [0.15, 0.2) is 30.6 Å². The summed E-state index contributed by atoms with van der Waals surface area (Å²) in [7, 11) is 2.01. The lowest BCUT2D eigenvalue weighted by molar-refractivity contribution is -0.140. The third-order valence-corrected chi connectivity index (χ3v) is 4.35. The number of carbonyl (C=O) groups excluding carboxylic acids is 1. The Bertz CT molecular complexity index is 688. The van der Waals surface area contributed by atoms with Crippen LogP contribution in [0.2, 0.25) is 0 Å². The van der Waals surface area contributed by atoms with E-state index in [-0.39, 0.29) is 11.9 Å². The highest BCUT2D eigenvalue weighted by molar-refractivity contribution is 5.77. The number of morpholine rings is 1. The van der Waals surface area contributed by atoms with Crippen molar-refractivity contribution in [1.82, 2.24) is 24.8 Å². The SMILES string of the molecule is Cc1cnc(C2COCCN2C(=O)CCN(C)Cc2ccccn2)[nH]1. The number of H-pyrrole nitrogens is 1. The van der Waals surface area contributed by atoms with Gasteiger partial charge in [0.25, 0.3) is 0 Å². The summed E-state index contributed by atoms with van der Waals surface area (Å²) in [5.41, 5.74) is 2.00. The summed E-state index contributed by atoms with van der Waals surface area (Å²) < 4.78 is 5.56. The highest BCUT2D eigenvalue weighted by Gasteiger charge is 2.30. The molecular weight excluding hydrogens is 318 g/mol. The molecule has 2 aromatic heterocycles. The van der Waals surface area contributed by atoms with Crippen LogP contribution < -0.4 is 0 Å². The molecule has 7 heteroatoms. The fraction of sp³-hybridized carbons (Fsp3) is 0.500. The van der Waals surface area contributed by atoms with Crippen LogP contribution in [0.3, 0.4) is 0 Å². The van der Waals surface area contributed by atoms with Gasteiger partial charge in [-0.3, -0.25) is 9.78 Å². The number of carbonyl (C=O) groups is 1. The fourth-order valence-electron chi connectivity index (χ4n) is 3.01. The van der Waals surface area contributed by atoms with E-state index in [4.69, 9.17) is 4.74 Å². The van der Waals surface area contributed by atoms with Gasteiger partial charge in [-0.1, -0.05) is 6.07 Å². The van der Waals surface area contributed by atoms with E-state index >= 15 is 0 Å². The molecule has 0 spiro atoms. The Kier molecular flexibility index (Phi) is 5.78. The number of nitrogens with one attached hydrogen (secondary N) is 1. The Labute approximate surface area is 148 Å². The maximum absolute atomic E-state index is 12.7. The van der Waals surface area contributed by atoms with Gasteiger partial charge in [0.2, 0.25) is 5.91 Å². The number of aryl methyl sites for hydroxylation is 1. The van der Waals surface area contributed by atoms with Crippen molar-refractivity contribution in [2.75, 3.05) is 33.4 Å². The van der Waals surface area contributed by atoms with Crippen molar-refractivity contribution < 1.29 is 9.53 Å². The predicted octanol–water partition coefficient (Wildman–Crippen LogP) is 1.54. The van der Waals surface area contributed by atoms with Crippen LogP contribution in [0.5, 0.6) is 0 Å². The molecule has 0 bridgehead atoms. The standard InChI is InChI=1S/C18H25N5O2/c1-14-11-20-18(21-14)16-13-25-10-9-23(16)17(24)6-8-22(2)12-15-5-3-4-7-19-15/h3-5,7,11,16H,6,8-10,12-13H2,1-2H3,(H,20,21). The largest absolute Gasteiger partial charge is 0.377 e. The fourth-order valence-corrected chi connectivity index (χ4v) is 3.01. The first-order valence-electron chi connectivity index (χ1n) is 8.60. The zero-order valence-electron chi connectivity index (χ0n) is 14.8. The van der Waals surface area contributed by atoms with Crippen LogP contribution in [-0.4, -0.2) is 64.0 Å². The van der Waals surface area contributed by atoms with Crippen molar-refractivity contribution in [3.63, 3.8) is 0 Å². The zero-order valence-corrected chi connectivity index (χ0v) is 14.8.